The topological polar surface area (TPSA) is 52.7 Å². The van der Waals surface area contributed by atoms with E-state index in [1.165, 1.54) is 16.8 Å². The number of rotatable bonds is 3. The van der Waals surface area contributed by atoms with Crippen molar-refractivity contribution in [2.75, 3.05) is 0 Å². The normalized spacial score (nSPS) is 12.1. The first-order chi connectivity index (χ1) is 9.29. The summed E-state index contributed by atoms with van der Waals surface area (Å²) >= 11 is 0. The molecule has 0 N–H and O–H groups in total. The van der Waals surface area contributed by atoms with Crippen molar-refractivity contribution in [1.29, 1.82) is 0 Å². The molecule has 5 nitrogen and oxygen atoms in total. The Balaban J connectivity index is 2.21. The van der Waals surface area contributed by atoms with E-state index in [0.717, 1.165) is 16.8 Å². The predicted octanol–water partition coefficient (Wildman–Crippen LogP) is 2.09. The van der Waals surface area contributed by atoms with E-state index in [1.54, 1.807) is 13.8 Å². The second-order valence-corrected chi connectivity index (χ2v) is 4.65. The monoisotopic (exact) mass is 286 g/mol. The molecule has 0 fully saturated rings. The number of aromatic nitrogens is 4. The third-order valence-electron chi connectivity index (χ3n) is 2.76. The van der Waals surface area contributed by atoms with Gasteiger partial charge in [0.2, 0.25) is 0 Å². The predicted molar refractivity (Wildman–Crippen MR) is 65.2 cm³/mol. The molecule has 0 saturated heterocycles. The third-order valence-corrected chi connectivity index (χ3v) is 2.76. The zero-order chi connectivity index (χ0) is 14.9. The van der Waals surface area contributed by atoms with Gasteiger partial charge in [-0.2, -0.15) is 22.5 Å². The molecule has 0 aliphatic carbocycles. The van der Waals surface area contributed by atoms with Gasteiger partial charge in [0.1, 0.15) is 0 Å². The standard InChI is InChI=1S/C12H13F3N4O/c1-8(2)19-11(20)18(16-17-19)7-9-3-5-10(6-4-9)12(13,14)15/h3-6,8H,7H2,1-2H3. The Bertz CT molecular complexity index is 640. The molecule has 0 atom stereocenters. The van der Waals surface area contributed by atoms with Crippen molar-refractivity contribution >= 4 is 0 Å². The molecule has 2 rings (SSSR count). The number of halogens is 3. The molecule has 108 valence electrons. The Labute approximate surface area is 112 Å². The molecule has 0 bridgehead atoms. The van der Waals surface area contributed by atoms with Gasteiger partial charge in [0.25, 0.3) is 0 Å². The lowest BCUT2D eigenvalue weighted by Gasteiger charge is -2.07. The van der Waals surface area contributed by atoms with Gasteiger partial charge in [0.15, 0.2) is 0 Å². The highest BCUT2D eigenvalue weighted by Gasteiger charge is 2.29. The van der Waals surface area contributed by atoms with E-state index in [2.05, 4.69) is 10.4 Å². The molecular formula is C12H13F3N4O. The van der Waals surface area contributed by atoms with Gasteiger partial charge in [0.05, 0.1) is 18.2 Å². The van der Waals surface area contributed by atoms with Crippen molar-refractivity contribution < 1.29 is 13.2 Å². The van der Waals surface area contributed by atoms with E-state index in [1.807, 2.05) is 0 Å². The first kappa shape index (κ1) is 14.3. The van der Waals surface area contributed by atoms with Gasteiger partial charge >= 0.3 is 11.9 Å². The highest BCUT2D eigenvalue weighted by molar-refractivity contribution is 5.24. The van der Waals surface area contributed by atoms with Crippen LogP contribution in [0.2, 0.25) is 0 Å². The van der Waals surface area contributed by atoms with E-state index in [9.17, 15) is 18.0 Å². The molecular weight excluding hydrogens is 273 g/mol. The van der Waals surface area contributed by atoms with Gasteiger partial charge in [-0.15, -0.1) is 0 Å². The van der Waals surface area contributed by atoms with Crippen LogP contribution < -0.4 is 5.69 Å². The van der Waals surface area contributed by atoms with Gasteiger partial charge in [-0.25, -0.2) is 4.79 Å². The van der Waals surface area contributed by atoms with Gasteiger partial charge < -0.3 is 0 Å². The van der Waals surface area contributed by atoms with Crippen molar-refractivity contribution in [3.63, 3.8) is 0 Å². The van der Waals surface area contributed by atoms with E-state index >= 15 is 0 Å². The summed E-state index contributed by atoms with van der Waals surface area (Å²) in [6, 6.07) is 4.48. The van der Waals surface area contributed by atoms with Crippen LogP contribution in [0.3, 0.4) is 0 Å². The van der Waals surface area contributed by atoms with Crippen molar-refractivity contribution in [2.45, 2.75) is 32.6 Å². The smallest absolute Gasteiger partial charge is 0.244 e. The second kappa shape index (κ2) is 5.10. The van der Waals surface area contributed by atoms with Gasteiger partial charge in [0, 0.05) is 0 Å². The number of hydrogen-bond donors (Lipinski definition) is 0. The first-order valence-electron chi connectivity index (χ1n) is 5.97. The zero-order valence-corrected chi connectivity index (χ0v) is 10.9. The van der Waals surface area contributed by atoms with Gasteiger partial charge in [-0.3, -0.25) is 0 Å². The first-order valence-corrected chi connectivity index (χ1v) is 5.97. The quantitative estimate of drug-likeness (QED) is 0.868. The van der Waals surface area contributed by atoms with Crippen LogP contribution in [0.4, 0.5) is 13.2 Å². The van der Waals surface area contributed by atoms with Crippen LogP contribution >= 0.6 is 0 Å². The van der Waals surface area contributed by atoms with Crippen molar-refractivity contribution in [1.82, 2.24) is 19.8 Å². The molecule has 8 heteroatoms. The molecule has 1 aromatic heterocycles. The lowest BCUT2D eigenvalue weighted by atomic mass is 10.1. The highest BCUT2D eigenvalue weighted by Crippen LogP contribution is 2.29. The summed E-state index contributed by atoms with van der Waals surface area (Å²) in [5.41, 5.74) is -0.560. The van der Waals surface area contributed by atoms with Crippen LogP contribution in [0.1, 0.15) is 31.0 Å². The maximum absolute atomic E-state index is 12.4. The highest BCUT2D eigenvalue weighted by atomic mass is 19.4. The minimum Gasteiger partial charge on any atom is -0.244 e. The molecule has 0 radical (unpaired) electrons. The van der Waals surface area contributed by atoms with Gasteiger partial charge in [-0.1, -0.05) is 12.1 Å². The summed E-state index contributed by atoms with van der Waals surface area (Å²) in [7, 11) is 0. The Morgan fingerprint density at radius 1 is 1.15 bits per heavy atom. The summed E-state index contributed by atoms with van der Waals surface area (Å²) in [5.74, 6) is 0. The van der Waals surface area contributed by atoms with Crippen LogP contribution in [0.25, 0.3) is 0 Å². The van der Waals surface area contributed by atoms with E-state index in [-0.39, 0.29) is 18.3 Å². The summed E-state index contributed by atoms with van der Waals surface area (Å²) in [5, 5.41) is 7.40. The fourth-order valence-corrected chi connectivity index (χ4v) is 1.68. The number of benzene rings is 1. The molecule has 0 aliphatic rings. The summed E-state index contributed by atoms with van der Waals surface area (Å²) in [6.45, 7) is 3.67. The molecule has 20 heavy (non-hydrogen) atoms. The Kier molecular flexibility index (Phi) is 3.65. The Morgan fingerprint density at radius 3 is 2.20 bits per heavy atom. The minimum absolute atomic E-state index is 0.0870. The number of hydrogen-bond acceptors (Lipinski definition) is 3. The van der Waals surface area contributed by atoms with Crippen LogP contribution in [0.5, 0.6) is 0 Å². The lowest BCUT2D eigenvalue weighted by molar-refractivity contribution is -0.137. The van der Waals surface area contributed by atoms with Crippen molar-refractivity contribution in [3.05, 3.63) is 45.9 Å². The zero-order valence-electron chi connectivity index (χ0n) is 10.9. The molecule has 0 unspecified atom stereocenters. The summed E-state index contributed by atoms with van der Waals surface area (Å²) < 4.78 is 39.6. The molecule has 0 spiro atoms. The number of tetrazole rings is 1. The summed E-state index contributed by atoms with van der Waals surface area (Å²) in [4.78, 5) is 11.9. The van der Waals surface area contributed by atoms with E-state index < -0.39 is 11.7 Å². The molecule has 1 aromatic carbocycles. The Hall–Kier alpha value is -2.12. The molecule has 0 aliphatic heterocycles. The molecule has 0 saturated carbocycles. The minimum atomic E-state index is -4.36. The lowest BCUT2D eigenvalue weighted by Crippen LogP contribution is -2.26. The molecule has 0 amide bonds. The van der Waals surface area contributed by atoms with Gasteiger partial charge in [-0.05, 0) is 42.0 Å². The fraction of sp³-hybridized carbons (Fsp3) is 0.417. The van der Waals surface area contributed by atoms with Crippen LogP contribution in [-0.2, 0) is 12.7 Å². The molecule has 2 aromatic rings. The second-order valence-electron chi connectivity index (χ2n) is 4.65. The van der Waals surface area contributed by atoms with E-state index in [0.29, 0.717) is 5.56 Å². The average molecular weight is 286 g/mol. The maximum atomic E-state index is 12.4. The van der Waals surface area contributed by atoms with Crippen LogP contribution in [0.15, 0.2) is 29.1 Å². The SMILES string of the molecule is CC(C)n1nnn(Cc2ccc(C(F)(F)F)cc2)c1=O. The largest absolute Gasteiger partial charge is 0.416 e. The maximum Gasteiger partial charge on any atom is 0.416 e. The van der Waals surface area contributed by atoms with Crippen LogP contribution in [0, 0.1) is 0 Å². The fourth-order valence-electron chi connectivity index (χ4n) is 1.68. The summed E-state index contributed by atoms with van der Waals surface area (Å²) in [6.07, 6.45) is -4.36. The van der Waals surface area contributed by atoms with E-state index in [4.69, 9.17) is 0 Å². The number of nitrogens with zero attached hydrogens (tertiary/aromatic N) is 4. The van der Waals surface area contributed by atoms with Crippen LogP contribution in [-0.4, -0.2) is 19.8 Å². The number of alkyl halides is 3. The van der Waals surface area contributed by atoms with Crippen molar-refractivity contribution in [2.24, 2.45) is 0 Å². The third kappa shape index (κ3) is 2.89. The van der Waals surface area contributed by atoms with Crippen molar-refractivity contribution in [3.8, 4) is 0 Å². The average Bonchev–Trinajstić information content (AvgIpc) is 2.71. The molecule has 1 heterocycles. The Morgan fingerprint density at radius 2 is 1.75 bits per heavy atom.